The van der Waals surface area contributed by atoms with E-state index in [1.54, 1.807) is 42.1 Å². The number of nitrogens with one attached hydrogen (secondary N) is 2. The first-order valence-electron chi connectivity index (χ1n) is 9.44. The zero-order valence-corrected chi connectivity index (χ0v) is 17.4. The monoisotopic (exact) mass is 390 g/mol. The maximum absolute atomic E-state index is 12.8. The number of hydrogen-bond donors (Lipinski definition) is 2. The third-order valence-corrected chi connectivity index (χ3v) is 4.72. The summed E-state index contributed by atoms with van der Waals surface area (Å²) in [4.78, 5) is 40.0. The van der Waals surface area contributed by atoms with Crippen molar-refractivity contribution in [3.63, 3.8) is 0 Å². The second-order valence-electron chi connectivity index (χ2n) is 7.65. The van der Waals surface area contributed by atoms with E-state index in [4.69, 9.17) is 4.74 Å². The molecule has 0 spiro atoms. The lowest BCUT2D eigenvalue weighted by atomic mass is 10.0. The molecule has 28 heavy (non-hydrogen) atoms. The Hall–Kier alpha value is -2.77. The predicted molar refractivity (Wildman–Crippen MR) is 108 cm³/mol. The Morgan fingerprint density at radius 3 is 2.64 bits per heavy atom. The third kappa shape index (κ3) is 5.15. The highest BCUT2D eigenvalue weighted by atomic mass is 16.5. The SMILES string of the molecule is CC(=O)N(C)C[C@H]1Oc2c(NC(=O)NC(C)C)cccc2C(=O)N(C)C[C@@H]1C. The minimum absolute atomic E-state index is 0.0125. The fraction of sp³-hybridized carbons (Fsp3) is 0.550. The standard InChI is InChI=1S/C20H30N4O4/c1-12(2)21-20(27)22-16-9-7-8-15-18(16)28-17(11-23(5)14(4)25)13(3)10-24(6)19(15)26/h7-9,12-13,17H,10-11H2,1-6H3,(H2,21,22,27)/t13-,17+/m0/s1. The van der Waals surface area contributed by atoms with Crippen LogP contribution in [0.2, 0.25) is 0 Å². The van der Waals surface area contributed by atoms with Gasteiger partial charge in [-0.2, -0.15) is 0 Å². The van der Waals surface area contributed by atoms with Gasteiger partial charge >= 0.3 is 6.03 Å². The number of hydrogen-bond acceptors (Lipinski definition) is 4. The number of nitrogens with zero attached hydrogens (tertiary/aromatic N) is 2. The fourth-order valence-corrected chi connectivity index (χ4v) is 3.07. The number of carbonyl (C=O) groups is 3. The molecule has 0 aromatic heterocycles. The zero-order chi connectivity index (χ0) is 21.0. The molecule has 154 valence electrons. The minimum Gasteiger partial charge on any atom is -0.485 e. The van der Waals surface area contributed by atoms with E-state index in [9.17, 15) is 14.4 Å². The van der Waals surface area contributed by atoms with Crippen LogP contribution in [-0.2, 0) is 4.79 Å². The number of likely N-dealkylation sites (N-methyl/N-ethyl adjacent to an activating group) is 1. The van der Waals surface area contributed by atoms with Gasteiger partial charge in [-0.05, 0) is 26.0 Å². The van der Waals surface area contributed by atoms with Crippen LogP contribution in [0.3, 0.4) is 0 Å². The van der Waals surface area contributed by atoms with Crippen LogP contribution in [-0.4, -0.2) is 67.0 Å². The first-order chi connectivity index (χ1) is 13.1. The van der Waals surface area contributed by atoms with Crippen molar-refractivity contribution in [2.45, 2.75) is 39.8 Å². The Morgan fingerprint density at radius 2 is 2.04 bits per heavy atom. The Morgan fingerprint density at radius 1 is 1.36 bits per heavy atom. The predicted octanol–water partition coefficient (Wildman–Crippen LogP) is 2.16. The molecule has 0 radical (unpaired) electrons. The molecule has 2 N–H and O–H groups in total. The maximum Gasteiger partial charge on any atom is 0.319 e. The molecule has 8 heteroatoms. The highest BCUT2D eigenvalue weighted by molar-refractivity contribution is 6.01. The second kappa shape index (κ2) is 8.95. The fourth-order valence-electron chi connectivity index (χ4n) is 3.07. The van der Waals surface area contributed by atoms with Crippen molar-refractivity contribution in [3.05, 3.63) is 23.8 Å². The van der Waals surface area contributed by atoms with Crippen molar-refractivity contribution in [3.8, 4) is 5.75 Å². The number of urea groups is 1. The van der Waals surface area contributed by atoms with Crippen LogP contribution in [0.25, 0.3) is 0 Å². The van der Waals surface area contributed by atoms with Crippen molar-refractivity contribution < 1.29 is 19.1 Å². The molecule has 8 nitrogen and oxygen atoms in total. The lowest BCUT2D eigenvalue weighted by molar-refractivity contribution is -0.129. The average Bonchev–Trinajstić information content (AvgIpc) is 2.59. The Bertz CT molecular complexity index is 750. The van der Waals surface area contributed by atoms with E-state index in [2.05, 4.69) is 10.6 Å². The molecule has 0 aliphatic carbocycles. The molecule has 0 unspecified atom stereocenters. The number of para-hydroxylation sites is 1. The summed E-state index contributed by atoms with van der Waals surface area (Å²) < 4.78 is 6.24. The molecule has 1 aromatic rings. The number of fused-ring (bicyclic) bond motifs is 1. The Kier molecular flexibility index (Phi) is 6.88. The summed E-state index contributed by atoms with van der Waals surface area (Å²) in [6, 6.07) is 4.68. The molecule has 0 bridgehead atoms. The van der Waals surface area contributed by atoms with Crippen LogP contribution in [0.1, 0.15) is 38.1 Å². The first kappa shape index (κ1) is 21.5. The van der Waals surface area contributed by atoms with E-state index in [1.165, 1.54) is 6.92 Å². The molecule has 1 aliphatic rings. The first-order valence-corrected chi connectivity index (χ1v) is 9.44. The Balaban J connectivity index is 2.42. The van der Waals surface area contributed by atoms with Crippen molar-refractivity contribution in [1.29, 1.82) is 0 Å². The van der Waals surface area contributed by atoms with Crippen LogP contribution in [0.15, 0.2) is 18.2 Å². The molecular formula is C20H30N4O4. The second-order valence-corrected chi connectivity index (χ2v) is 7.65. The summed E-state index contributed by atoms with van der Waals surface area (Å²) in [7, 11) is 3.46. The van der Waals surface area contributed by atoms with Crippen LogP contribution in [0.5, 0.6) is 5.75 Å². The minimum atomic E-state index is -0.375. The smallest absolute Gasteiger partial charge is 0.319 e. The lowest BCUT2D eigenvalue weighted by Crippen LogP contribution is -2.46. The number of ether oxygens (including phenoxy) is 1. The summed E-state index contributed by atoms with van der Waals surface area (Å²) in [5.74, 6) is 0.0755. The highest BCUT2D eigenvalue weighted by Gasteiger charge is 2.31. The van der Waals surface area contributed by atoms with Gasteiger partial charge < -0.3 is 25.2 Å². The molecule has 0 fully saturated rings. The van der Waals surface area contributed by atoms with E-state index in [0.717, 1.165) is 0 Å². The summed E-state index contributed by atoms with van der Waals surface area (Å²) >= 11 is 0. The lowest BCUT2D eigenvalue weighted by Gasteiger charge is -2.35. The molecule has 1 aromatic carbocycles. The summed E-state index contributed by atoms with van der Waals surface area (Å²) in [5, 5.41) is 5.53. The van der Waals surface area contributed by atoms with Gasteiger partial charge in [0.15, 0.2) is 5.75 Å². The van der Waals surface area contributed by atoms with Crippen molar-refractivity contribution in [1.82, 2.24) is 15.1 Å². The number of benzene rings is 1. The van der Waals surface area contributed by atoms with Gasteiger partial charge in [0.1, 0.15) is 6.10 Å². The maximum atomic E-state index is 12.8. The van der Waals surface area contributed by atoms with E-state index >= 15 is 0 Å². The van der Waals surface area contributed by atoms with Gasteiger partial charge in [-0.25, -0.2) is 4.79 Å². The normalized spacial score (nSPS) is 19.2. The summed E-state index contributed by atoms with van der Waals surface area (Å²) in [6.07, 6.45) is -0.334. The van der Waals surface area contributed by atoms with Crippen molar-refractivity contribution >= 4 is 23.5 Å². The molecule has 2 atom stereocenters. The molecule has 4 amide bonds. The number of anilines is 1. The average molecular weight is 390 g/mol. The largest absolute Gasteiger partial charge is 0.485 e. The molecule has 1 heterocycles. The van der Waals surface area contributed by atoms with Gasteiger partial charge in [-0.1, -0.05) is 13.0 Å². The van der Waals surface area contributed by atoms with Crippen LogP contribution in [0.4, 0.5) is 10.5 Å². The van der Waals surface area contributed by atoms with Crippen molar-refractivity contribution in [2.75, 3.05) is 32.5 Å². The quantitative estimate of drug-likeness (QED) is 0.824. The number of rotatable bonds is 4. The summed E-state index contributed by atoms with van der Waals surface area (Å²) in [5.41, 5.74) is 0.800. The molecule has 1 aliphatic heterocycles. The van der Waals surface area contributed by atoms with E-state index in [1.807, 2.05) is 20.8 Å². The number of amides is 4. The number of carbonyl (C=O) groups excluding carboxylic acids is 3. The van der Waals surface area contributed by atoms with E-state index < -0.39 is 0 Å². The van der Waals surface area contributed by atoms with Crippen LogP contribution < -0.4 is 15.4 Å². The summed E-state index contributed by atoms with van der Waals surface area (Å²) in [6.45, 7) is 8.08. The van der Waals surface area contributed by atoms with E-state index in [-0.39, 0.29) is 35.9 Å². The van der Waals surface area contributed by atoms with Crippen LogP contribution in [0, 0.1) is 5.92 Å². The van der Waals surface area contributed by atoms with Gasteiger partial charge in [0.25, 0.3) is 5.91 Å². The molecule has 0 saturated carbocycles. The topological polar surface area (TPSA) is 91.0 Å². The van der Waals surface area contributed by atoms with Gasteiger partial charge in [0.2, 0.25) is 5.91 Å². The highest BCUT2D eigenvalue weighted by Crippen LogP contribution is 2.34. The van der Waals surface area contributed by atoms with Gasteiger partial charge in [0, 0.05) is 39.5 Å². The van der Waals surface area contributed by atoms with Gasteiger partial charge in [0.05, 0.1) is 17.8 Å². The Labute approximate surface area is 166 Å². The van der Waals surface area contributed by atoms with E-state index in [0.29, 0.717) is 30.1 Å². The van der Waals surface area contributed by atoms with Gasteiger partial charge in [-0.15, -0.1) is 0 Å². The van der Waals surface area contributed by atoms with Gasteiger partial charge in [-0.3, -0.25) is 9.59 Å². The van der Waals surface area contributed by atoms with Crippen molar-refractivity contribution in [2.24, 2.45) is 5.92 Å². The molecular weight excluding hydrogens is 360 g/mol. The third-order valence-electron chi connectivity index (χ3n) is 4.72. The molecule has 2 rings (SSSR count). The van der Waals surface area contributed by atoms with Crippen LogP contribution >= 0.6 is 0 Å². The molecule has 0 saturated heterocycles. The zero-order valence-electron chi connectivity index (χ0n) is 17.4.